The highest BCUT2D eigenvalue weighted by Gasteiger charge is 2.39. The molecule has 1 saturated heterocycles. The number of benzene rings is 1. The van der Waals surface area contributed by atoms with Crippen LogP contribution in [0.1, 0.15) is 31.0 Å². The Bertz CT molecular complexity index is 669. The molecule has 1 aromatic heterocycles. The third-order valence-corrected chi connectivity index (χ3v) is 4.49. The lowest BCUT2D eigenvalue weighted by molar-refractivity contribution is 0.155. The molecule has 0 saturated carbocycles. The van der Waals surface area contributed by atoms with Crippen molar-refractivity contribution in [2.45, 2.75) is 38.3 Å². The van der Waals surface area contributed by atoms with Gasteiger partial charge in [0, 0.05) is 19.1 Å². The van der Waals surface area contributed by atoms with Gasteiger partial charge in [-0.1, -0.05) is 30.3 Å². The zero-order valence-corrected chi connectivity index (χ0v) is 13.7. The first-order valence-corrected chi connectivity index (χ1v) is 8.01. The van der Waals surface area contributed by atoms with Crippen molar-refractivity contribution in [1.29, 1.82) is 0 Å². The molecule has 1 aliphatic heterocycles. The molecule has 1 N–H and O–H groups in total. The van der Waals surface area contributed by atoms with Crippen molar-refractivity contribution in [3.8, 4) is 0 Å². The molecule has 0 radical (unpaired) electrons. The lowest BCUT2D eigenvalue weighted by Crippen LogP contribution is -2.50. The van der Waals surface area contributed by atoms with Crippen LogP contribution in [0.3, 0.4) is 0 Å². The Hall–Kier alpha value is -2.37. The second-order valence-electron chi connectivity index (χ2n) is 6.40. The Morgan fingerprint density at radius 2 is 2.13 bits per heavy atom. The van der Waals surface area contributed by atoms with Gasteiger partial charge >= 0.3 is 6.03 Å². The number of hydrogen-bond acceptors (Lipinski definition) is 3. The van der Waals surface area contributed by atoms with Crippen LogP contribution < -0.4 is 5.32 Å². The van der Waals surface area contributed by atoms with Crippen molar-refractivity contribution in [2.24, 2.45) is 7.05 Å². The van der Waals surface area contributed by atoms with Crippen molar-refractivity contribution in [1.82, 2.24) is 25.2 Å². The van der Waals surface area contributed by atoms with Crippen LogP contribution >= 0.6 is 0 Å². The summed E-state index contributed by atoms with van der Waals surface area (Å²) >= 11 is 0. The highest BCUT2D eigenvalue weighted by atomic mass is 16.2. The summed E-state index contributed by atoms with van der Waals surface area (Å²) in [5, 5.41) is 11.2. The Labute approximate surface area is 136 Å². The number of rotatable bonds is 4. The minimum absolute atomic E-state index is 0.0217. The molecule has 23 heavy (non-hydrogen) atoms. The van der Waals surface area contributed by atoms with Crippen molar-refractivity contribution in [3.05, 3.63) is 47.8 Å². The number of carbonyl (C=O) groups excluding carboxylic acids is 1. The van der Waals surface area contributed by atoms with E-state index in [1.165, 1.54) is 10.4 Å². The summed E-state index contributed by atoms with van der Waals surface area (Å²) < 4.78 is 0. The highest BCUT2D eigenvalue weighted by Crippen LogP contribution is 2.32. The largest absolute Gasteiger partial charge is 0.332 e. The maximum absolute atomic E-state index is 12.6. The van der Waals surface area contributed by atoms with Gasteiger partial charge in [-0.3, -0.25) is 0 Å². The number of hydrogen-bond donors (Lipinski definition) is 1. The number of aromatic nitrogens is 3. The first kappa shape index (κ1) is 15.5. The molecule has 3 rings (SSSR count). The zero-order chi connectivity index (χ0) is 16.3. The Morgan fingerprint density at radius 1 is 1.35 bits per heavy atom. The summed E-state index contributed by atoms with van der Waals surface area (Å²) in [7, 11) is 1.77. The number of nitrogens with one attached hydrogen (secondary N) is 1. The standard InChI is InChI=1S/C17H23N5O/c1-17(11-14-7-4-3-5-8-14)9-6-10-22(17)16(23)18-12-15-13-19-21(2)20-15/h3-5,7-8,13H,6,9-12H2,1-2H3,(H,18,23). The fourth-order valence-corrected chi connectivity index (χ4v) is 3.32. The summed E-state index contributed by atoms with van der Waals surface area (Å²) in [5.41, 5.74) is 1.90. The monoisotopic (exact) mass is 313 g/mol. The van der Waals surface area contributed by atoms with Gasteiger partial charge in [0.1, 0.15) is 5.69 Å². The molecule has 1 aliphatic rings. The van der Waals surface area contributed by atoms with Gasteiger partial charge in [0.15, 0.2) is 0 Å². The third kappa shape index (κ3) is 3.52. The second-order valence-corrected chi connectivity index (χ2v) is 6.40. The predicted molar refractivity (Wildman–Crippen MR) is 87.7 cm³/mol. The molecule has 2 amide bonds. The summed E-state index contributed by atoms with van der Waals surface area (Å²) in [6, 6.07) is 10.3. The molecule has 122 valence electrons. The van der Waals surface area contributed by atoms with Crippen molar-refractivity contribution in [3.63, 3.8) is 0 Å². The molecule has 1 atom stereocenters. The molecule has 0 bridgehead atoms. The quantitative estimate of drug-likeness (QED) is 0.940. The van der Waals surface area contributed by atoms with E-state index in [2.05, 4.69) is 34.6 Å². The lowest BCUT2D eigenvalue weighted by atomic mass is 9.90. The average Bonchev–Trinajstić information content (AvgIpc) is 3.12. The fraction of sp³-hybridized carbons (Fsp3) is 0.471. The van der Waals surface area contributed by atoms with Gasteiger partial charge < -0.3 is 10.2 Å². The van der Waals surface area contributed by atoms with E-state index >= 15 is 0 Å². The molecule has 1 fully saturated rings. The van der Waals surface area contributed by atoms with E-state index < -0.39 is 0 Å². The smallest absolute Gasteiger partial charge is 0.318 e. The minimum Gasteiger partial charge on any atom is -0.332 e. The van der Waals surface area contributed by atoms with Gasteiger partial charge in [-0.15, -0.1) is 0 Å². The first-order valence-electron chi connectivity index (χ1n) is 8.01. The minimum atomic E-state index is -0.131. The number of urea groups is 1. The summed E-state index contributed by atoms with van der Waals surface area (Å²) in [4.78, 5) is 16.1. The maximum atomic E-state index is 12.6. The van der Waals surface area contributed by atoms with Gasteiger partial charge in [-0.05, 0) is 31.7 Å². The van der Waals surface area contributed by atoms with Crippen molar-refractivity contribution < 1.29 is 4.79 Å². The number of carbonyl (C=O) groups is 1. The van der Waals surface area contributed by atoms with E-state index in [9.17, 15) is 4.79 Å². The molecule has 0 spiro atoms. The van der Waals surface area contributed by atoms with Crippen LogP contribution in [0.2, 0.25) is 0 Å². The van der Waals surface area contributed by atoms with Crippen molar-refractivity contribution in [2.75, 3.05) is 6.54 Å². The summed E-state index contributed by atoms with van der Waals surface area (Å²) in [5.74, 6) is 0. The van der Waals surface area contributed by atoms with Crippen LogP contribution in [0.5, 0.6) is 0 Å². The number of amides is 2. The number of nitrogens with zero attached hydrogens (tertiary/aromatic N) is 4. The molecular formula is C17H23N5O. The summed E-state index contributed by atoms with van der Waals surface area (Å²) in [6.07, 6.45) is 4.63. The van der Waals surface area contributed by atoms with Crippen LogP contribution in [-0.2, 0) is 20.0 Å². The van der Waals surface area contributed by atoms with Gasteiger partial charge in [-0.2, -0.15) is 15.0 Å². The third-order valence-electron chi connectivity index (χ3n) is 4.49. The average molecular weight is 313 g/mol. The molecule has 6 heteroatoms. The topological polar surface area (TPSA) is 63.1 Å². The maximum Gasteiger partial charge on any atom is 0.318 e. The van der Waals surface area contributed by atoms with Gasteiger partial charge in [0.05, 0.1) is 12.7 Å². The van der Waals surface area contributed by atoms with E-state index in [1.807, 2.05) is 23.1 Å². The van der Waals surface area contributed by atoms with Gasteiger partial charge in [0.2, 0.25) is 0 Å². The first-order chi connectivity index (χ1) is 11.1. The van der Waals surface area contributed by atoms with E-state index in [0.29, 0.717) is 6.54 Å². The molecule has 2 aromatic rings. The molecule has 6 nitrogen and oxygen atoms in total. The Morgan fingerprint density at radius 3 is 2.83 bits per heavy atom. The SMILES string of the molecule is Cn1ncc(CNC(=O)N2CCCC2(C)Cc2ccccc2)n1. The van der Waals surface area contributed by atoms with Crippen LogP contribution in [-0.4, -0.2) is 38.0 Å². The van der Waals surface area contributed by atoms with Crippen LogP contribution in [0.25, 0.3) is 0 Å². The van der Waals surface area contributed by atoms with Gasteiger partial charge in [0.25, 0.3) is 0 Å². The van der Waals surface area contributed by atoms with Crippen LogP contribution in [0.15, 0.2) is 36.5 Å². The lowest BCUT2D eigenvalue weighted by Gasteiger charge is -2.35. The normalized spacial score (nSPS) is 20.7. The molecule has 0 aliphatic carbocycles. The number of aryl methyl sites for hydroxylation is 1. The summed E-state index contributed by atoms with van der Waals surface area (Å²) in [6.45, 7) is 3.38. The zero-order valence-electron chi connectivity index (χ0n) is 13.7. The van der Waals surface area contributed by atoms with E-state index in [0.717, 1.165) is 31.5 Å². The van der Waals surface area contributed by atoms with Crippen LogP contribution in [0, 0.1) is 0 Å². The van der Waals surface area contributed by atoms with E-state index in [4.69, 9.17) is 0 Å². The number of likely N-dealkylation sites (tertiary alicyclic amines) is 1. The van der Waals surface area contributed by atoms with Gasteiger partial charge in [-0.25, -0.2) is 4.79 Å². The fourth-order valence-electron chi connectivity index (χ4n) is 3.32. The predicted octanol–water partition coefficient (Wildman–Crippen LogP) is 2.12. The molecule has 2 heterocycles. The second kappa shape index (κ2) is 6.40. The Kier molecular flexibility index (Phi) is 4.32. The van der Waals surface area contributed by atoms with E-state index in [-0.39, 0.29) is 11.6 Å². The van der Waals surface area contributed by atoms with Crippen LogP contribution in [0.4, 0.5) is 4.79 Å². The highest BCUT2D eigenvalue weighted by molar-refractivity contribution is 5.75. The molecular weight excluding hydrogens is 290 g/mol. The van der Waals surface area contributed by atoms with Crippen molar-refractivity contribution >= 4 is 6.03 Å². The molecule has 1 aromatic carbocycles. The Balaban J connectivity index is 1.64. The molecule has 1 unspecified atom stereocenters. The van der Waals surface area contributed by atoms with E-state index in [1.54, 1.807) is 13.2 Å².